The summed E-state index contributed by atoms with van der Waals surface area (Å²) in [5.74, 6) is 2.28. The molecule has 3 rings (SSSR count). The molecule has 0 unspecified atom stereocenters. The average molecular weight is 361 g/mol. The molecule has 0 fully saturated rings. The quantitative estimate of drug-likeness (QED) is 0.464. The number of nitrogens with zero attached hydrogens (tertiary/aromatic N) is 3. The summed E-state index contributed by atoms with van der Waals surface area (Å²) in [5, 5.41) is 11.8. The van der Waals surface area contributed by atoms with Gasteiger partial charge in [0.1, 0.15) is 5.75 Å². The van der Waals surface area contributed by atoms with Gasteiger partial charge < -0.3 is 9.15 Å². The van der Waals surface area contributed by atoms with Gasteiger partial charge in [-0.2, -0.15) is 0 Å². The van der Waals surface area contributed by atoms with Crippen LogP contribution in [-0.2, 0) is 6.42 Å². The SMILES string of the molecule is Cc1ccc(C)c(OCCSc2nnc(Cc3csc(C)n3)o2)c1. The van der Waals surface area contributed by atoms with E-state index in [1.54, 1.807) is 11.3 Å². The third-order valence-corrected chi connectivity index (χ3v) is 4.96. The summed E-state index contributed by atoms with van der Waals surface area (Å²) in [6, 6.07) is 6.21. The van der Waals surface area contributed by atoms with Gasteiger partial charge in [-0.15, -0.1) is 21.5 Å². The van der Waals surface area contributed by atoms with Gasteiger partial charge in [0, 0.05) is 11.1 Å². The molecule has 0 atom stereocenters. The van der Waals surface area contributed by atoms with E-state index in [-0.39, 0.29) is 0 Å². The predicted octanol–water partition coefficient (Wildman–Crippen LogP) is 4.21. The number of thioether (sulfide) groups is 1. The molecule has 0 aliphatic heterocycles. The lowest BCUT2D eigenvalue weighted by Crippen LogP contribution is -2.01. The average Bonchev–Trinajstić information content (AvgIpc) is 3.16. The molecule has 3 aromatic rings. The zero-order valence-corrected chi connectivity index (χ0v) is 15.5. The van der Waals surface area contributed by atoms with Crippen molar-refractivity contribution in [2.75, 3.05) is 12.4 Å². The number of aromatic nitrogens is 3. The number of hydrogen-bond donors (Lipinski definition) is 0. The highest BCUT2D eigenvalue weighted by atomic mass is 32.2. The number of rotatable bonds is 7. The van der Waals surface area contributed by atoms with E-state index in [4.69, 9.17) is 9.15 Å². The highest BCUT2D eigenvalue weighted by Crippen LogP contribution is 2.21. The Hall–Kier alpha value is -1.86. The Morgan fingerprint density at radius 3 is 2.88 bits per heavy atom. The Morgan fingerprint density at radius 1 is 1.21 bits per heavy atom. The van der Waals surface area contributed by atoms with Crippen LogP contribution in [0.4, 0.5) is 0 Å². The molecule has 0 aliphatic carbocycles. The standard InChI is InChI=1S/C17H19N3O2S2/c1-11-4-5-12(2)15(8-11)21-6-7-23-17-20-19-16(22-17)9-14-10-24-13(3)18-14/h4-5,8,10H,6-7,9H2,1-3H3. The van der Waals surface area contributed by atoms with Crippen molar-refractivity contribution in [3.63, 3.8) is 0 Å². The van der Waals surface area contributed by atoms with Crippen LogP contribution in [0.2, 0.25) is 0 Å². The summed E-state index contributed by atoms with van der Waals surface area (Å²) in [5.41, 5.74) is 3.31. The summed E-state index contributed by atoms with van der Waals surface area (Å²) in [7, 11) is 0. The van der Waals surface area contributed by atoms with E-state index in [0.29, 0.717) is 24.1 Å². The number of aryl methyl sites for hydroxylation is 3. The monoisotopic (exact) mass is 361 g/mol. The lowest BCUT2D eigenvalue weighted by atomic mass is 10.1. The van der Waals surface area contributed by atoms with Crippen LogP contribution in [0.25, 0.3) is 0 Å². The molecule has 7 heteroatoms. The van der Waals surface area contributed by atoms with Crippen LogP contribution in [0, 0.1) is 20.8 Å². The highest BCUT2D eigenvalue weighted by Gasteiger charge is 2.09. The Bertz CT molecular complexity index is 814. The van der Waals surface area contributed by atoms with Crippen molar-refractivity contribution >= 4 is 23.1 Å². The maximum atomic E-state index is 5.83. The van der Waals surface area contributed by atoms with Crippen LogP contribution in [0.15, 0.2) is 33.2 Å². The summed E-state index contributed by atoms with van der Waals surface area (Å²) in [6.07, 6.45) is 0.580. The molecule has 0 N–H and O–H groups in total. The molecule has 0 amide bonds. The van der Waals surface area contributed by atoms with Crippen molar-refractivity contribution in [3.8, 4) is 5.75 Å². The van der Waals surface area contributed by atoms with E-state index < -0.39 is 0 Å². The molecule has 126 valence electrons. The fourth-order valence-corrected chi connectivity index (χ4v) is 3.36. The minimum Gasteiger partial charge on any atom is -0.492 e. The molecule has 0 spiro atoms. The normalized spacial score (nSPS) is 11.0. The Balaban J connectivity index is 1.46. The van der Waals surface area contributed by atoms with E-state index in [1.807, 2.05) is 19.2 Å². The van der Waals surface area contributed by atoms with E-state index >= 15 is 0 Å². The Labute approximate surface area is 149 Å². The van der Waals surface area contributed by atoms with Gasteiger partial charge in [0.25, 0.3) is 5.22 Å². The maximum absolute atomic E-state index is 5.83. The first kappa shape index (κ1) is 17.0. The molecule has 5 nitrogen and oxygen atoms in total. The fourth-order valence-electron chi connectivity index (χ4n) is 2.16. The molecule has 1 aromatic carbocycles. The molecule has 0 radical (unpaired) electrons. The van der Waals surface area contributed by atoms with Crippen molar-refractivity contribution in [2.24, 2.45) is 0 Å². The smallest absolute Gasteiger partial charge is 0.276 e. The Morgan fingerprint density at radius 2 is 2.08 bits per heavy atom. The summed E-state index contributed by atoms with van der Waals surface area (Å²) in [6.45, 7) is 6.69. The third kappa shape index (κ3) is 4.58. The van der Waals surface area contributed by atoms with Crippen LogP contribution in [-0.4, -0.2) is 27.5 Å². The zero-order valence-electron chi connectivity index (χ0n) is 13.9. The molecule has 0 saturated carbocycles. The molecular formula is C17H19N3O2S2. The minimum absolute atomic E-state index is 0.571. The van der Waals surface area contributed by atoms with Crippen LogP contribution in [0.1, 0.15) is 27.7 Å². The summed E-state index contributed by atoms with van der Waals surface area (Å²) >= 11 is 3.13. The second kappa shape index (κ2) is 7.81. The van der Waals surface area contributed by atoms with E-state index in [0.717, 1.165) is 27.8 Å². The van der Waals surface area contributed by atoms with E-state index in [9.17, 15) is 0 Å². The zero-order chi connectivity index (χ0) is 16.9. The fraction of sp³-hybridized carbons (Fsp3) is 0.353. The van der Waals surface area contributed by atoms with Crippen molar-refractivity contribution in [3.05, 3.63) is 51.3 Å². The van der Waals surface area contributed by atoms with Crippen LogP contribution in [0.3, 0.4) is 0 Å². The first-order valence-corrected chi connectivity index (χ1v) is 9.53. The lowest BCUT2D eigenvalue weighted by Gasteiger charge is -2.08. The van der Waals surface area contributed by atoms with E-state index in [1.165, 1.54) is 17.3 Å². The largest absolute Gasteiger partial charge is 0.492 e. The Kier molecular flexibility index (Phi) is 5.52. The van der Waals surface area contributed by atoms with E-state index in [2.05, 4.69) is 40.3 Å². The minimum atomic E-state index is 0.571. The van der Waals surface area contributed by atoms with Gasteiger partial charge >= 0.3 is 0 Å². The van der Waals surface area contributed by atoms with Crippen LogP contribution >= 0.6 is 23.1 Å². The van der Waals surface area contributed by atoms with Gasteiger partial charge in [-0.1, -0.05) is 23.9 Å². The lowest BCUT2D eigenvalue weighted by molar-refractivity contribution is 0.340. The molecule has 2 heterocycles. The topological polar surface area (TPSA) is 61.0 Å². The predicted molar refractivity (Wildman–Crippen MR) is 96.1 cm³/mol. The third-order valence-electron chi connectivity index (χ3n) is 3.36. The van der Waals surface area contributed by atoms with Gasteiger partial charge in [-0.05, 0) is 38.0 Å². The first-order chi connectivity index (χ1) is 11.6. The molecule has 2 aromatic heterocycles. The van der Waals surface area contributed by atoms with Gasteiger partial charge in [0.2, 0.25) is 5.89 Å². The number of thiazole rings is 1. The maximum Gasteiger partial charge on any atom is 0.276 e. The second-order valence-corrected chi connectivity index (χ2v) is 7.57. The van der Waals surface area contributed by atoms with Gasteiger partial charge in [0.05, 0.1) is 23.7 Å². The van der Waals surface area contributed by atoms with Crippen molar-refractivity contribution in [2.45, 2.75) is 32.4 Å². The first-order valence-electron chi connectivity index (χ1n) is 7.66. The van der Waals surface area contributed by atoms with Crippen molar-refractivity contribution in [1.29, 1.82) is 0 Å². The summed E-state index contributed by atoms with van der Waals surface area (Å²) < 4.78 is 11.5. The van der Waals surface area contributed by atoms with Gasteiger partial charge in [0.15, 0.2) is 0 Å². The molecular weight excluding hydrogens is 342 g/mol. The molecule has 0 bridgehead atoms. The second-order valence-electron chi connectivity index (χ2n) is 5.46. The molecule has 0 saturated heterocycles. The van der Waals surface area contributed by atoms with Gasteiger partial charge in [-0.3, -0.25) is 0 Å². The number of benzene rings is 1. The van der Waals surface area contributed by atoms with Crippen LogP contribution < -0.4 is 4.74 Å². The molecule has 24 heavy (non-hydrogen) atoms. The number of hydrogen-bond acceptors (Lipinski definition) is 7. The van der Waals surface area contributed by atoms with Crippen molar-refractivity contribution < 1.29 is 9.15 Å². The highest BCUT2D eigenvalue weighted by molar-refractivity contribution is 7.99. The van der Waals surface area contributed by atoms with Crippen molar-refractivity contribution in [1.82, 2.24) is 15.2 Å². The van der Waals surface area contributed by atoms with Gasteiger partial charge in [-0.25, -0.2) is 4.98 Å². The molecule has 0 aliphatic rings. The summed E-state index contributed by atoms with van der Waals surface area (Å²) in [4.78, 5) is 4.40. The van der Waals surface area contributed by atoms with Crippen LogP contribution in [0.5, 0.6) is 5.75 Å². The number of ether oxygens (including phenoxy) is 1.